The molecule has 0 heterocycles. The molecule has 1 aromatic carbocycles. The van der Waals surface area contributed by atoms with Crippen LogP contribution < -0.4 is 10.6 Å². The predicted octanol–water partition coefficient (Wildman–Crippen LogP) is 2.28. The molecule has 0 aromatic heterocycles. The Morgan fingerprint density at radius 1 is 1.25 bits per heavy atom. The van der Waals surface area contributed by atoms with Crippen molar-refractivity contribution in [2.75, 3.05) is 11.9 Å². The van der Waals surface area contributed by atoms with Gasteiger partial charge in [0.25, 0.3) is 0 Å². The molecule has 0 bridgehead atoms. The molecule has 1 atom stereocenters. The number of carbonyl (C=O) groups is 1. The molecule has 0 saturated carbocycles. The van der Waals surface area contributed by atoms with Crippen LogP contribution in [0.4, 0.5) is 5.69 Å². The topological polar surface area (TPSA) is 78.9 Å². The molecular weight excluding hydrogens is 254 g/mol. The number of rotatable bonds is 4. The Balaban J connectivity index is 3.11. The molecule has 0 saturated heterocycles. The summed E-state index contributed by atoms with van der Waals surface area (Å²) in [6, 6.07) is 5.93. The van der Waals surface area contributed by atoms with E-state index in [0.29, 0.717) is 0 Å². The molecule has 110 valence electrons. The van der Waals surface area contributed by atoms with E-state index in [4.69, 9.17) is 10.9 Å². The van der Waals surface area contributed by atoms with Gasteiger partial charge in [-0.15, -0.1) is 0 Å². The molecule has 3 N–H and O–H groups in total. The number of aryl methyl sites for hydroxylation is 2. The highest BCUT2D eigenvalue weighted by atomic mass is 16.4. The molecule has 1 rings (SSSR count). The number of nitrogens with zero attached hydrogens (tertiary/aromatic N) is 2. The van der Waals surface area contributed by atoms with Crippen LogP contribution in [0.2, 0.25) is 0 Å². The van der Waals surface area contributed by atoms with E-state index in [-0.39, 0.29) is 17.7 Å². The van der Waals surface area contributed by atoms with Gasteiger partial charge in [-0.1, -0.05) is 25.1 Å². The van der Waals surface area contributed by atoms with Crippen molar-refractivity contribution in [1.82, 2.24) is 0 Å². The van der Waals surface area contributed by atoms with E-state index in [9.17, 15) is 4.79 Å². The maximum Gasteiger partial charge on any atom is 0.237 e. The van der Waals surface area contributed by atoms with Gasteiger partial charge in [0, 0.05) is 12.7 Å². The quantitative estimate of drug-likeness (QED) is 0.383. The molecular formula is C15H23N3O2. The van der Waals surface area contributed by atoms with Crippen molar-refractivity contribution in [3.05, 3.63) is 29.3 Å². The van der Waals surface area contributed by atoms with Gasteiger partial charge in [-0.05, 0) is 43.0 Å². The summed E-state index contributed by atoms with van der Waals surface area (Å²) in [6.07, 6.45) is 0. The predicted molar refractivity (Wildman–Crippen MR) is 81.1 cm³/mol. The van der Waals surface area contributed by atoms with Crippen molar-refractivity contribution < 1.29 is 10.0 Å². The second-order valence-electron chi connectivity index (χ2n) is 5.49. The fourth-order valence-electron chi connectivity index (χ4n) is 2.30. The fraction of sp³-hybridized carbons (Fsp3) is 0.467. The van der Waals surface area contributed by atoms with Crippen LogP contribution >= 0.6 is 0 Å². The van der Waals surface area contributed by atoms with E-state index in [2.05, 4.69) is 5.16 Å². The third-order valence-electron chi connectivity index (χ3n) is 3.29. The summed E-state index contributed by atoms with van der Waals surface area (Å²) in [6.45, 7) is 7.71. The third-order valence-corrected chi connectivity index (χ3v) is 3.29. The highest BCUT2D eigenvalue weighted by Crippen LogP contribution is 2.22. The van der Waals surface area contributed by atoms with Gasteiger partial charge in [0.15, 0.2) is 5.84 Å². The summed E-state index contributed by atoms with van der Waals surface area (Å²) < 4.78 is 0. The van der Waals surface area contributed by atoms with Crippen molar-refractivity contribution in [1.29, 1.82) is 0 Å². The number of nitrogens with two attached hydrogens (primary N) is 1. The Morgan fingerprint density at radius 2 is 1.75 bits per heavy atom. The molecule has 0 fully saturated rings. The van der Waals surface area contributed by atoms with Gasteiger partial charge in [0.2, 0.25) is 5.91 Å². The van der Waals surface area contributed by atoms with Crippen LogP contribution in [0.3, 0.4) is 0 Å². The first-order valence-corrected chi connectivity index (χ1v) is 6.61. The molecule has 0 radical (unpaired) electrons. The zero-order valence-corrected chi connectivity index (χ0v) is 12.7. The lowest BCUT2D eigenvalue weighted by Crippen LogP contribution is -2.42. The number of hydrogen-bond donors (Lipinski definition) is 2. The summed E-state index contributed by atoms with van der Waals surface area (Å²) in [5.41, 5.74) is 8.63. The Morgan fingerprint density at radius 3 is 2.15 bits per heavy atom. The van der Waals surface area contributed by atoms with E-state index in [1.165, 1.54) is 0 Å². The highest BCUT2D eigenvalue weighted by molar-refractivity contribution is 6.08. The smallest absolute Gasteiger partial charge is 0.237 e. The van der Waals surface area contributed by atoms with Gasteiger partial charge in [-0.2, -0.15) is 0 Å². The first-order valence-electron chi connectivity index (χ1n) is 6.61. The van der Waals surface area contributed by atoms with E-state index in [1.807, 2.05) is 45.9 Å². The zero-order chi connectivity index (χ0) is 15.4. The van der Waals surface area contributed by atoms with Crippen molar-refractivity contribution >= 4 is 17.4 Å². The monoisotopic (exact) mass is 277 g/mol. The van der Waals surface area contributed by atoms with Crippen LogP contribution in [0.25, 0.3) is 0 Å². The second kappa shape index (κ2) is 6.41. The summed E-state index contributed by atoms with van der Waals surface area (Å²) >= 11 is 0. The van der Waals surface area contributed by atoms with Crippen molar-refractivity contribution in [2.24, 2.45) is 22.7 Å². The number of carbonyl (C=O) groups excluding carboxylic acids is 1. The second-order valence-corrected chi connectivity index (χ2v) is 5.49. The molecule has 5 heteroatoms. The molecule has 1 amide bonds. The number of amidine groups is 1. The minimum absolute atomic E-state index is 0.0493. The highest BCUT2D eigenvalue weighted by Gasteiger charge is 2.30. The number of oxime groups is 1. The summed E-state index contributed by atoms with van der Waals surface area (Å²) in [7, 11) is 1.70. The largest absolute Gasteiger partial charge is 0.409 e. The molecule has 0 spiro atoms. The van der Waals surface area contributed by atoms with Crippen molar-refractivity contribution in [3.63, 3.8) is 0 Å². The minimum Gasteiger partial charge on any atom is -0.409 e. The van der Waals surface area contributed by atoms with Crippen LogP contribution in [0.1, 0.15) is 25.0 Å². The number of anilines is 1. The van der Waals surface area contributed by atoms with Gasteiger partial charge < -0.3 is 15.8 Å². The molecule has 20 heavy (non-hydrogen) atoms. The number of amides is 1. The Bertz CT molecular complexity index is 504. The summed E-state index contributed by atoms with van der Waals surface area (Å²) in [5.74, 6) is -0.918. The molecule has 0 aliphatic carbocycles. The molecule has 0 aliphatic rings. The lowest BCUT2D eigenvalue weighted by Gasteiger charge is -2.26. The standard InChI is InChI=1S/C15H23N3O2/c1-9(2)13(14(16)17-20)15(19)18(5)12-7-10(3)6-11(4)8-12/h6-9,13,20H,1-5H3,(H2,16,17). The van der Waals surface area contributed by atoms with Gasteiger partial charge >= 0.3 is 0 Å². The fourth-order valence-corrected chi connectivity index (χ4v) is 2.30. The molecule has 1 unspecified atom stereocenters. The summed E-state index contributed by atoms with van der Waals surface area (Å²) in [4.78, 5) is 14.1. The first kappa shape index (κ1) is 16.0. The van der Waals surface area contributed by atoms with Crippen LogP contribution in [-0.2, 0) is 4.79 Å². The third kappa shape index (κ3) is 3.50. The number of hydrogen-bond acceptors (Lipinski definition) is 3. The van der Waals surface area contributed by atoms with E-state index >= 15 is 0 Å². The van der Waals surface area contributed by atoms with Crippen LogP contribution in [0, 0.1) is 25.7 Å². The SMILES string of the molecule is Cc1cc(C)cc(N(C)C(=O)C(C(N)=NO)C(C)C)c1. The Kier molecular flexibility index (Phi) is 5.13. The average Bonchev–Trinajstić information content (AvgIpc) is 2.35. The van der Waals surface area contributed by atoms with Crippen LogP contribution in [-0.4, -0.2) is 24.0 Å². The molecule has 5 nitrogen and oxygen atoms in total. The lowest BCUT2D eigenvalue weighted by atomic mass is 9.93. The van der Waals surface area contributed by atoms with Gasteiger partial charge in [0.05, 0.1) is 0 Å². The first-order chi connectivity index (χ1) is 9.27. The summed E-state index contributed by atoms with van der Waals surface area (Å²) in [5, 5.41) is 11.8. The van der Waals surface area contributed by atoms with Gasteiger partial charge in [-0.3, -0.25) is 4.79 Å². The van der Waals surface area contributed by atoms with E-state index in [1.54, 1.807) is 11.9 Å². The van der Waals surface area contributed by atoms with Crippen molar-refractivity contribution in [2.45, 2.75) is 27.7 Å². The van der Waals surface area contributed by atoms with Gasteiger partial charge in [0.1, 0.15) is 5.92 Å². The Hall–Kier alpha value is -2.04. The van der Waals surface area contributed by atoms with E-state index in [0.717, 1.165) is 16.8 Å². The normalized spacial score (nSPS) is 13.4. The zero-order valence-electron chi connectivity index (χ0n) is 12.7. The minimum atomic E-state index is -0.634. The van der Waals surface area contributed by atoms with Crippen molar-refractivity contribution in [3.8, 4) is 0 Å². The maximum atomic E-state index is 12.6. The van der Waals surface area contributed by atoms with E-state index < -0.39 is 5.92 Å². The maximum absolute atomic E-state index is 12.6. The van der Waals surface area contributed by atoms with Crippen LogP contribution in [0.15, 0.2) is 23.4 Å². The average molecular weight is 277 g/mol. The molecule has 1 aromatic rings. The van der Waals surface area contributed by atoms with Gasteiger partial charge in [-0.25, -0.2) is 0 Å². The van der Waals surface area contributed by atoms with Crippen LogP contribution in [0.5, 0.6) is 0 Å². The number of benzene rings is 1. The lowest BCUT2D eigenvalue weighted by molar-refractivity contribution is -0.121. The molecule has 0 aliphatic heterocycles. The Labute approximate surface area is 120 Å².